The van der Waals surface area contributed by atoms with Crippen molar-refractivity contribution in [3.8, 4) is 0 Å². The van der Waals surface area contributed by atoms with Crippen LogP contribution in [0.2, 0.25) is 0 Å². The number of halogens is 1. The van der Waals surface area contributed by atoms with Gasteiger partial charge in [-0.2, -0.15) is 0 Å². The smallest absolute Gasteiger partial charge is 0.103 e. The van der Waals surface area contributed by atoms with E-state index in [-0.39, 0.29) is 0 Å². The Morgan fingerprint density at radius 3 is 2.82 bits per heavy atom. The Labute approximate surface area is 110 Å². The number of aromatic nitrogens is 1. The summed E-state index contributed by atoms with van der Waals surface area (Å²) >= 11 is 3.74. The molecule has 0 aliphatic heterocycles. The average molecular weight is 294 g/mol. The lowest BCUT2D eigenvalue weighted by Gasteiger charge is -2.17. The van der Waals surface area contributed by atoms with E-state index in [0.29, 0.717) is 10.7 Å². The van der Waals surface area contributed by atoms with Gasteiger partial charge < -0.3 is 4.42 Å². The van der Waals surface area contributed by atoms with Gasteiger partial charge in [0.1, 0.15) is 5.76 Å². The Morgan fingerprint density at radius 1 is 1.29 bits per heavy atom. The monoisotopic (exact) mass is 293 g/mol. The van der Waals surface area contributed by atoms with E-state index in [0.717, 1.165) is 24.3 Å². The molecule has 17 heavy (non-hydrogen) atoms. The van der Waals surface area contributed by atoms with Crippen molar-refractivity contribution in [2.45, 2.75) is 30.5 Å². The topological polar surface area (TPSA) is 26.0 Å². The van der Waals surface area contributed by atoms with E-state index in [1.54, 1.807) is 6.26 Å². The zero-order chi connectivity index (χ0) is 12.1. The van der Waals surface area contributed by atoms with Gasteiger partial charge in [0.05, 0.1) is 6.26 Å². The lowest BCUT2D eigenvalue weighted by Crippen LogP contribution is -2.11. The molecule has 0 aliphatic carbocycles. The van der Waals surface area contributed by atoms with Crippen molar-refractivity contribution in [3.63, 3.8) is 0 Å². The van der Waals surface area contributed by atoms with E-state index in [4.69, 9.17) is 4.42 Å². The van der Waals surface area contributed by atoms with E-state index in [1.165, 1.54) is 0 Å². The summed E-state index contributed by atoms with van der Waals surface area (Å²) in [5, 5.41) is 0. The van der Waals surface area contributed by atoms with Crippen LogP contribution in [0.4, 0.5) is 0 Å². The van der Waals surface area contributed by atoms with Crippen molar-refractivity contribution >= 4 is 15.9 Å². The van der Waals surface area contributed by atoms with E-state index in [9.17, 15) is 0 Å². The number of alkyl halides is 1. The molecule has 0 N–H and O–H groups in total. The summed E-state index contributed by atoms with van der Waals surface area (Å²) in [6, 6.07) is 10.0. The predicted molar refractivity (Wildman–Crippen MR) is 72.4 cm³/mol. The van der Waals surface area contributed by atoms with Crippen LogP contribution in [-0.4, -0.2) is 9.81 Å². The van der Waals surface area contributed by atoms with Gasteiger partial charge in [0.15, 0.2) is 0 Å². The molecule has 0 aromatic carbocycles. The maximum absolute atomic E-state index is 5.33. The molecule has 90 valence electrons. The van der Waals surface area contributed by atoms with Gasteiger partial charge in [-0.15, -0.1) is 0 Å². The van der Waals surface area contributed by atoms with Gasteiger partial charge >= 0.3 is 0 Å². The fourth-order valence-electron chi connectivity index (χ4n) is 1.82. The molecule has 0 spiro atoms. The molecule has 2 heterocycles. The van der Waals surface area contributed by atoms with Crippen molar-refractivity contribution in [3.05, 3.63) is 54.2 Å². The van der Waals surface area contributed by atoms with Gasteiger partial charge in [-0.3, -0.25) is 4.98 Å². The number of aryl methyl sites for hydroxylation is 1. The van der Waals surface area contributed by atoms with Crippen LogP contribution >= 0.6 is 15.9 Å². The third-order valence-corrected chi connectivity index (χ3v) is 4.19. The second kappa shape index (κ2) is 6.01. The molecule has 2 atom stereocenters. The Balaban J connectivity index is 1.89. The highest BCUT2D eigenvalue weighted by atomic mass is 79.9. The van der Waals surface area contributed by atoms with Crippen LogP contribution < -0.4 is 0 Å². The minimum atomic E-state index is 0.408. The van der Waals surface area contributed by atoms with E-state index >= 15 is 0 Å². The highest BCUT2D eigenvalue weighted by Crippen LogP contribution is 2.26. The summed E-state index contributed by atoms with van der Waals surface area (Å²) < 4.78 is 5.33. The minimum Gasteiger partial charge on any atom is -0.469 e. The summed E-state index contributed by atoms with van der Waals surface area (Å²) in [5.41, 5.74) is 1.13. The SMILES string of the molecule is CC(c1ccccn1)C(Br)CCc1ccco1. The molecule has 0 saturated heterocycles. The summed E-state index contributed by atoms with van der Waals surface area (Å²) in [7, 11) is 0. The maximum Gasteiger partial charge on any atom is 0.103 e. The Bertz CT molecular complexity index is 427. The number of rotatable bonds is 5. The minimum absolute atomic E-state index is 0.408. The largest absolute Gasteiger partial charge is 0.469 e. The number of hydrogen-bond acceptors (Lipinski definition) is 2. The lowest BCUT2D eigenvalue weighted by atomic mass is 9.99. The molecule has 0 aliphatic rings. The van der Waals surface area contributed by atoms with Crippen molar-refractivity contribution < 1.29 is 4.42 Å². The zero-order valence-electron chi connectivity index (χ0n) is 9.84. The van der Waals surface area contributed by atoms with Crippen LogP contribution in [0, 0.1) is 0 Å². The van der Waals surface area contributed by atoms with Crippen molar-refractivity contribution in [1.82, 2.24) is 4.98 Å². The number of hydrogen-bond donors (Lipinski definition) is 0. The molecule has 2 rings (SSSR count). The fourth-order valence-corrected chi connectivity index (χ4v) is 2.32. The van der Waals surface area contributed by atoms with E-state index in [1.807, 2.05) is 30.5 Å². The lowest BCUT2D eigenvalue weighted by molar-refractivity contribution is 0.494. The third-order valence-electron chi connectivity index (χ3n) is 2.94. The summed E-state index contributed by atoms with van der Waals surface area (Å²) in [5.74, 6) is 1.45. The van der Waals surface area contributed by atoms with Gasteiger partial charge in [-0.1, -0.05) is 28.9 Å². The molecule has 2 nitrogen and oxygen atoms in total. The summed E-state index contributed by atoms with van der Waals surface area (Å²) in [6.07, 6.45) is 5.57. The molecular formula is C14H16BrNO. The summed E-state index contributed by atoms with van der Waals surface area (Å²) in [6.45, 7) is 2.20. The zero-order valence-corrected chi connectivity index (χ0v) is 11.4. The van der Waals surface area contributed by atoms with Crippen LogP contribution in [0.3, 0.4) is 0 Å². The maximum atomic E-state index is 5.33. The first-order chi connectivity index (χ1) is 8.27. The second-order valence-electron chi connectivity index (χ2n) is 4.18. The molecule has 0 bridgehead atoms. The first-order valence-electron chi connectivity index (χ1n) is 5.85. The Kier molecular flexibility index (Phi) is 4.37. The Morgan fingerprint density at radius 2 is 2.18 bits per heavy atom. The summed E-state index contributed by atoms with van der Waals surface area (Å²) in [4.78, 5) is 4.81. The third kappa shape index (κ3) is 3.43. The average Bonchev–Trinajstić information content (AvgIpc) is 2.89. The van der Waals surface area contributed by atoms with Crippen LogP contribution in [0.5, 0.6) is 0 Å². The van der Waals surface area contributed by atoms with Gasteiger partial charge in [0.25, 0.3) is 0 Å². The normalized spacial score (nSPS) is 14.5. The van der Waals surface area contributed by atoms with E-state index < -0.39 is 0 Å². The van der Waals surface area contributed by atoms with Crippen LogP contribution in [0.25, 0.3) is 0 Å². The molecule has 3 heteroatoms. The standard InChI is InChI=1S/C14H16BrNO/c1-11(14-6-2-3-9-16-14)13(15)8-7-12-5-4-10-17-12/h2-6,9-11,13H,7-8H2,1H3. The molecule has 2 aromatic heterocycles. The van der Waals surface area contributed by atoms with Gasteiger partial charge in [0, 0.05) is 29.1 Å². The first kappa shape index (κ1) is 12.4. The highest BCUT2D eigenvalue weighted by Gasteiger charge is 2.17. The number of furan rings is 1. The molecule has 0 fully saturated rings. The van der Waals surface area contributed by atoms with Gasteiger partial charge in [0.2, 0.25) is 0 Å². The number of pyridine rings is 1. The van der Waals surface area contributed by atoms with Crippen LogP contribution in [0.15, 0.2) is 47.2 Å². The second-order valence-corrected chi connectivity index (χ2v) is 5.35. The number of nitrogens with zero attached hydrogens (tertiary/aromatic N) is 1. The van der Waals surface area contributed by atoms with Crippen molar-refractivity contribution in [2.75, 3.05) is 0 Å². The molecule has 0 amide bonds. The molecule has 2 aromatic rings. The quantitative estimate of drug-likeness (QED) is 0.773. The highest BCUT2D eigenvalue weighted by molar-refractivity contribution is 9.09. The Hall–Kier alpha value is -1.09. The van der Waals surface area contributed by atoms with Crippen molar-refractivity contribution in [1.29, 1.82) is 0 Å². The van der Waals surface area contributed by atoms with Crippen LogP contribution in [-0.2, 0) is 6.42 Å². The first-order valence-corrected chi connectivity index (χ1v) is 6.76. The van der Waals surface area contributed by atoms with Gasteiger partial charge in [-0.05, 0) is 30.7 Å². The van der Waals surface area contributed by atoms with Crippen LogP contribution in [0.1, 0.15) is 30.7 Å². The van der Waals surface area contributed by atoms with Crippen molar-refractivity contribution in [2.24, 2.45) is 0 Å². The molecule has 0 saturated carbocycles. The molecular weight excluding hydrogens is 278 g/mol. The van der Waals surface area contributed by atoms with E-state index in [2.05, 4.69) is 33.9 Å². The molecule has 2 unspecified atom stereocenters. The molecule has 0 radical (unpaired) electrons. The predicted octanol–water partition coefficient (Wildman–Crippen LogP) is 4.17. The van der Waals surface area contributed by atoms with Gasteiger partial charge in [-0.25, -0.2) is 0 Å². The fraction of sp³-hybridized carbons (Fsp3) is 0.357.